The Bertz CT molecular complexity index is 883. The molecule has 0 aliphatic carbocycles. The molecule has 0 spiro atoms. The molecule has 0 aromatic heterocycles. The van der Waals surface area contributed by atoms with Crippen molar-refractivity contribution in [1.82, 2.24) is 4.31 Å². The quantitative estimate of drug-likeness (QED) is 0.747. The Labute approximate surface area is 159 Å². The van der Waals surface area contributed by atoms with Crippen LogP contribution in [-0.4, -0.2) is 31.9 Å². The molecule has 0 aliphatic heterocycles. The van der Waals surface area contributed by atoms with E-state index in [1.54, 1.807) is 6.07 Å². The molecule has 2 N–H and O–H groups in total. The first-order chi connectivity index (χ1) is 11.7. The summed E-state index contributed by atoms with van der Waals surface area (Å²) in [6, 6.07) is 12.6. The Balaban J connectivity index is 2.19. The Morgan fingerprint density at radius 1 is 1.12 bits per heavy atom. The highest BCUT2D eigenvalue weighted by Gasteiger charge is 2.21. The number of hydrogen-bond donors (Lipinski definition) is 2. The SMILES string of the molecule is CCc1cccc(NC(=S)Nc2ccc(Cl)c(S(=O)(=O)N(C)C)c2)c1. The van der Waals surface area contributed by atoms with Gasteiger partial charge in [-0.05, 0) is 54.5 Å². The van der Waals surface area contributed by atoms with Crippen LogP contribution < -0.4 is 10.6 Å². The van der Waals surface area contributed by atoms with E-state index in [1.165, 1.54) is 31.8 Å². The van der Waals surface area contributed by atoms with Crippen molar-refractivity contribution in [2.75, 3.05) is 24.7 Å². The van der Waals surface area contributed by atoms with Crippen LogP contribution in [0.5, 0.6) is 0 Å². The van der Waals surface area contributed by atoms with Gasteiger partial charge < -0.3 is 10.6 Å². The summed E-state index contributed by atoms with van der Waals surface area (Å²) in [7, 11) is -0.722. The lowest BCUT2D eigenvalue weighted by atomic mass is 10.1. The molecule has 2 aromatic rings. The Morgan fingerprint density at radius 3 is 2.36 bits per heavy atom. The molecular formula is C17H20ClN3O2S2. The minimum absolute atomic E-state index is 0.0277. The van der Waals surface area contributed by atoms with Gasteiger partial charge in [-0.2, -0.15) is 0 Å². The van der Waals surface area contributed by atoms with Crippen molar-refractivity contribution in [3.8, 4) is 0 Å². The Morgan fingerprint density at radius 2 is 1.76 bits per heavy atom. The highest BCUT2D eigenvalue weighted by molar-refractivity contribution is 7.89. The van der Waals surface area contributed by atoms with E-state index >= 15 is 0 Å². The minimum atomic E-state index is -3.64. The van der Waals surface area contributed by atoms with Gasteiger partial charge in [0.05, 0.1) is 5.02 Å². The van der Waals surface area contributed by atoms with Crippen molar-refractivity contribution in [1.29, 1.82) is 0 Å². The third-order valence-electron chi connectivity index (χ3n) is 3.54. The van der Waals surface area contributed by atoms with Gasteiger partial charge in [-0.15, -0.1) is 0 Å². The van der Waals surface area contributed by atoms with E-state index in [-0.39, 0.29) is 9.92 Å². The molecule has 2 rings (SSSR count). The van der Waals surface area contributed by atoms with E-state index < -0.39 is 10.0 Å². The molecule has 0 amide bonds. The molecule has 0 unspecified atom stereocenters. The monoisotopic (exact) mass is 397 g/mol. The van der Waals surface area contributed by atoms with Crippen LogP contribution in [0.1, 0.15) is 12.5 Å². The molecule has 0 heterocycles. The summed E-state index contributed by atoms with van der Waals surface area (Å²) in [6.07, 6.45) is 0.929. The first kappa shape index (κ1) is 19.7. The predicted octanol–water partition coefficient (Wildman–Crippen LogP) is 3.96. The van der Waals surface area contributed by atoms with Crippen LogP contribution in [-0.2, 0) is 16.4 Å². The fourth-order valence-electron chi connectivity index (χ4n) is 2.14. The van der Waals surface area contributed by atoms with Gasteiger partial charge in [-0.3, -0.25) is 0 Å². The van der Waals surface area contributed by atoms with E-state index in [9.17, 15) is 8.42 Å². The zero-order valence-corrected chi connectivity index (χ0v) is 16.6. The first-order valence-corrected chi connectivity index (χ1v) is 9.85. The van der Waals surface area contributed by atoms with Gasteiger partial charge in [0.25, 0.3) is 0 Å². The summed E-state index contributed by atoms with van der Waals surface area (Å²) in [5.41, 5.74) is 2.60. The number of rotatable bonds is 5. The lowest BCUT2D eigenvalue weighted by Crippen LogP contribution is -2.23. The van der Waals surface area contributed by atoms with Crippen molar-refractivity contribution in [3.05, 3.63) is 53.1 Å². The average Bonchev–Trinajstić information content (AvgIpc) is 2.56. The van der Waals surface area contributed by atoms with Gasteiger partial charge in [0.15, 0.2) is 5.11 Å². The first-order valence-electron chi connectivity index (χ1n) is 7.63. The zero-order valence-electron chi connectivity index (χ0n) is 14.2. The van der Waals surface area contributed by atoms with Crippen molar-refractivity contribution in [3.63, 3.8) is 0 Å². The number of sulfonamides is 1. The Hall–Kier alpha value is -1.67. The maximum atomic E-state index is 12.3. The van der Waals surface area contributed by atoms with E-state index in [0.29, 0.717) is 10.8 Å². The lowest BCUT2D eigenvalue weighted by molar-refractivity contribution is 0.521. The summed E-state index contributed by atoms with van der Waals surface area (Å²) in [5, 5.41) is 6.60. The summed E-state index contributed by atoms with van der Waals surface area (Å²) in [5.74, 6) is 0. The second-order valence-corrected chi connectivity index (χ2v) is 8.50. The van der Waals surface area contributed by atoms with Crippen LogP contribution in [0.25, 0.3) is 0 Å². The standard InChI is InChI=1S/C17H20ClN3O2S2/c1-4-12-6-5-7-13(10-12)19-17(24)20-14-8-9-15(18)16(11-14)25(22,23)21(2)3/h5-11H,4H2,1-3H3,(H2,19,20,24). The largest absolute Gasteiger partial charge is 0.332 e. The topological polar surface area (TPSA) is 61.4 Å². The second-order valence-electron chi connectivity index (χ2n) is 5.57. The fourth-order valence-corrected chi connectivity index (χ4v) is 3.77. The van der Waals surface area contributed by atoms with E-state index in [2.05, 4.69) is 17.6 Å². The predicted molar refractivity (Wildman–Crippen MR) is 108 cm³/mol. The number of nitrogens with one attached hydrogen (secondary N) is 2. The summed E-state index contributed by atoms with van der Waals surface area (Å²) in [4.78, 5) is 0.0277. The van der Waals surface area contributed by atoms with Gasteiger partial charge in [0.1, 0.15) is 4.90 Å². The van der Waals surface area contributed by atoms with Gasteiger partial charge >= 0.3 is 0 Å². The molecule has 0 radical (unpaired) electrons. The van der Waals surface area contributed by atoms with Gasteiger partial charge in [-0.1, -0.05) is 30.7 Å². The molecule has 8 heteroatoms. The third-order valence-corrected chi connectivity index (χ3v) is 6.04. The average molecular weight is 398 g/mol. The minimum Gasteiger partial charge on any atom is -0.332 e. The highest BCUT2D eigenvalue weighted by atomic mass is 35.5. The van der Waals surface area contributed by atoms with Crippen molar-refractivity contribution >= 4 is 50.3 Å². The number of aryl methyl sites for hydroxylation is 1. The number of nitrogens with zero attached hydrogens (tertiary/aromatic N) is 1. The van der Waals surface area contributed by atoms with Crippen LogP contribution in [0.4, 0.5) is 11.4 Å². The molecule has 134 valence electrons. The summed E-state index contributed by atoms with van der Waals surface area (Å²) in [6.45, 7) is 2.08. The Kier molecular flexibility index (Phi) is 6.40. The summed E-state index contributed by atoms with van der Waals surface area (Å²) >= 11 is 11.3. The van der Waals surface area contributed by atoms with E-state index in [4.69, 9.17) is 23.8 Å². The molecular weight excluding hydrogens is 378 g/mol. The number of hydrogen-bond acceptors (Lipinski definition) is 3. The molecule has 0 atom stereocenters. The molecule has 0 saturated carbocycles. The van der Waals surface area contributed by atoms with Gasteiger partial charge in [0, 0.05) is 25.5 Å². The molecule has 0 fully saturated rings. The van der Waals surface area contributed by atoms with Crippen molar-refractivity contribution < 1.29 is 8.42 Å². The lowest BCUT2D eigenvalue weighted by Gasteiger charge is -2.15. The number of anilines is 2. The smallest absolute Gasteiger partial charge is 0.244 e. The number of thiocarbonyl (C=S) groups is 1. The highest BCUT2D eigenvalue weighted by Crippen LogP contribution is 2.27. The fraction of sp³-hybridized carbons (Fsp3) is 0.235. The number of halogens is 1. The second kappa shape index (κ2) is 8.14. The molecule has 5 nitrogen and oxygen atoms in total. The molecule has 0 aliphatic rings. The molecule has 2 aromatic carbocycles. The maximum absolute atomic E-state index is 12.3. The van der Waals surface area contributed by atoms with Crippen LogP contribution in [0.3, 0.4) is 0 Å². The molecule has 25 heavy (non-hydrogen) atoms. The molecule has 0 saturated heterocycles. The normalized spacial score (nSPS) is 11.4. The van der Waals surface area contributed by atoms with Crippen LogP contribution in [0.15, 0.2) is 47.4 Å². The van der Waals surface area contributed by atoms with Crippen LogP contribution >= 0.6 is 23.8 Å². The maximum Gasteiger partial charge on any atom is 0.244 e. The van der Waals surface area contributed by atoms with Crippen LogP contribution in [0.2, 0.25) is 5.02 Å². The summed E-state index contributed by atoms with van der Waals surface area (Å²) < 4.78 is 25.8. The number of benzene rings is 2. The van der Waals surface area contributed by atoms with E-state index in [1.807, 2.05) is 24.3 Å². The van der Waals surface area contributed by atoms with Crippen LogP contribution in [0, 0.1) is 0 Å². The van der Waals surface area contributed by atoms with Crippen molar-refractivity contribution in [2.24, 2.45) is 0 Å². The van der Waals surface area contributed by atoms with Crippen molar-refractivity contribution in [2.45, 2.75) is 18.2 Å². The third kappa shape index (κ3) is 4.92. The van der Waals surface area contributed by atoms with Gasteiger partial charge in [0.2, 0.25) is 10.0 Å². The zero-order chi connectivity index (χ0) is 18.6. The van der Waals surface area contributed by atoms with E-state index in [0.717, 1.165) is 16.4 Å². The molecule has 0 bridgehead atoms. The van der Waals surface area contributed by atoms with Gasteiger partial charge in [-0.25, -0.2) is 12.7 Å².